The van der Waals surface area contributed by atoms with E-state index < -0.39 is 0 Å². The number of thioether (sulfide) groups is 1. The molecule has 0 amide bonds. The summed E-state index contributed by atoms with van der Waals surface area (Å²) in [4.78, 5) is 13.8. The van der Waals surface area contributed by atoms with E-state index in [9.17, 15) is 0 Å². The van der Waals surface area contributed by atoms with Gasteiger partial charge in [-0.2, -0.15) is 0 Å². The quantitative estimate of drug-likeness (QED) is 0.605. The molecule has 20 heavy (non-hydrogen) atoms. The van der Waals surface area contributed by atoms with Crippen molar-refractivity contribution in [2.75, 3.05) is 44.4 Å². The van der Waals surface area contributed by atoms with Crippen molar-refractivity contribution >= 4 is 35.6 Å². The largest absolute Gasteiger partial charge is 0.412 e. The van der Waals surface area contributed by atoms with Crippen LogP contribution in [0.3, 0.4) is 0 Å². The van der Waals surface area contributed by atoms with Crippen molar-refractivity contribution in [1.29, 1.82) is 0 Å². The molecular weight excluding hydrogens is 298 g/mol. The fraction of sp³-hybridized carbons (Fsp3) is 0.500. The van der Waals surface area contributed by atoms with Gasteiger partial charge in [0.05, 0.1) is 0 Å². The molecule has 8 heteroatoms. The molecule has 2 aromatic rings. The van der Waals surface area contributed by atoms with E-state index in [2.05, 4.69) is 34.2 Å². The minimum absolute atomic E-state index is 0. The maximum absolute atomic E-state index is 4.73. The van der Waals surface area contributed by atoms with Gasteiger partial charge in [0.25, 0.3) is 0 Å². The average Bonchev–Trinajstić information content (AvgIpc) is 2.86. The summed E-state index contributed by atoms with van der Waals surface area (Å²) in [6.45, 7) is 4.26. The lowest BCUT2D eigenvalue weighted by atomic mass is 10.3. The number of anilines is 1. The van der Waals surface area contributed by atoms with Gasteiger partial charge in [-0.15, -0.1) is 12.4 Å². The van der Waals surface area contributed by atoms with Crippen molar-refractivity contribution in [3.63, 3.8) is 0 Å². The van der Waals surface area contributed by atoms with Crippen molar-refractivity contribution < 1.29 is 5.48 Å². The second-order valence-electron chi connectivity index (χ2n) is 4.55. The molecule has 2 aromatic heterocycles. The van der Waals surface area contributed by atoms with Gasteiger partial charge in [-0.25, -0.2) is 9.97 Å². The number of imidazole rings is 1. The van der Waals surface area contributed by atoms with Crippen LogP contribution in [-0.4, -0.2) is 64.2 Å². The highest BCUT2D eigenvalue weighted by atomic mass is 35.5. The van der Waals surface area contributed by atoms with Gasteiger partial charge in [0.2, 0.25) is 0 Å². The molecule has 0 radical (unpaired) electrons. The highest BCUT2D eigenvalue weighted by Crippen LogP contribution is 2.21. The van der Waals surface area contributed by atoms with E-state index in [1.54, 1.807) is 11.8 Å². The first-order valence-electron chi connectivity index (χ1n) is 6.09. The van der Waals surface area contributed by atoms with Crippen molar-refractivity contribution in [3.8, 4) is 0 Å². The standard InChI is InChI=1S/C12H17N5S.ClH.H2O/c1-15-5-7-16(8-6-15)11-9-10-13-3-4-17(10)12(14-11)18-2;;/h3-4,9H,5-8H2,1-2H3;1H;1H2. The summed E-state index contributed by atoms with van der Waals surface area (Å²) in [5.41, 5.74) is 0.975. The predicted molar refractivity (Wildman–Crippen MR) is 85.3 cm³/mol. The highest BCUT2D eigenvalue weighted by Gasteiger charge is 2.17. The highest BCUT2D eigenvalue weighted by molar-refractivity contribution is 7.98. The lowest BCUT2D eigenvalue weighted by molar-refractivity contribution is 0.312. The average molecular weight is 318 g/mol. The molecule has 112 valence electrons. The summed E-state index contributed by atoms with van der Waals surface area (Å²) >= 11 is 1.66. The molecular formula is C12H20ClN5OS. The van der Waals surface area contributed by atoms with Gasteiger partial charge >= 0.3 is 0 Å². The third-order valence-corrected chi connectivity index (χ3v) is 4.01. The molecule has 0 unspecified atom stereocenters. The topological polar surface area (TPSA) is 68.2 Å². The van der Waals surface area contributed by atoms with Crippen LogP contribution in [0.25, 0.3) is 5.65 Å². The first kappa shape index (κ1) is 17.0. The van der Waals surface area contributed by atoms with Crippen LogP contribution in [0.2, 0.25) is 0 Å². The fourth-order valence-corrected chi connectivity index (χ4v) is 2.76. The molecule has 1 aliphatic rings. The van der Waals surface area contributed by atoms with E-state index in [-0.39, 0.29) is 17.9 Å². The zero-order chi connectivity index (χ0) is 12.5. The first-order chi connectivity index (χ1) is 8.78. The Labute approximate surface area is 128 Å². The first-order valence-corrected chi connectivity index (χ1v) is 7.32. The van der Waals surface area contributed by atoms with Crippen LogP contribution < -0.4 is 4.90 Å². The number of piperazine rings is 1. The summed E-state index contributed by atoms with van der Waals surface area (Å²) in [7, 11) is 2.16. The molecule has 0 saturated carbocycles. The zero-order valence-corrected chi connectivity index (χ0v) is 13.2. The maximum Gasteiger partial charge on any atom is 0.175 e. The Balaban J connectivity index is 0.000001000. The van der Waals surface area contributed by atoms with E-state index in [0.717, 1.165) is 42.8 Å². The molecule has 1 aliphatic heterocycles. The third kappa shape index (κ3) is 3.17. The molecule has 0 atom stereocenters. The Morgan fingerprint density at radius 2 is 1.90 bits per heavy atom. The second kappa shape index (κ2) is 7.12. The van der Waals surface area contributed by atoms with E-state index in [4.69, 9.17) is 4.98 Å². The summed E-state index contributed by atoms with van der Waals surface area (Å²) in [5, 5.41) is 0.999. The van der Waals surface area contributed by atoms with Crippen LogP contribution in [0.1, 0.15) is 0 Å². The molecule has 1 fully saturated rings. The van der Waals surface area contributed by atoms with Crippen molar-refractivity contribution in [3.05, 3.63) is 18.5 Å². The number of hydrogen-bond donors (Lipinski definition) is 0. The maximum atomic E-state index is 4.73. The van der Waals surface area contributed by atoms with Gasteiger partial charge in [0, 0.05) is 44.6 Å². The zero-order valence-electron chi connectivity index (χ0n) is 11.6. The molecule has 0 aliphatic carbocycles. The number of rotatable bonds is 2. The summed E-state index contributed by atoms with van der Waals surface area (Å²) < 4.78 is 2.03. The number of nitrogens with zero attached hydrogens (tertiary/aromatic N) is 5. The van der Waals surface area contributed by atoms with Gasteiger partial charge in [-0.05, 0) is 13.3 Å². The molecule has 0 spiro atoms. The number of halogens is 1. The minimum Gasteiger partial charge on any atom is -0.412 e. The van der Waals surface area contributed by atoms with Crippen molar-refractivity contribution in [2.24, 2.45) is 0 Å². The lowest BCUT2D eigenvalue weighted by Crippen LogP contribution is -2.44. The number of aromatic nitrogens is 3. The van der Waals surface area contributed by atoms with Crippen LogP contribution in [0.15, 0.2) is 23.6 Å². The monoisotopic (exact) mass is 317 g/mol. The lowest BCUT2D eigenvalue weighted by Gasteiger charge is -2.33. The van der Waals surface area contributed by atoms with Crippen LogP contribution >= 0.6 is 24.2 Å². The fourth-order valence-electron chi connectivity index (χ4n) is 2.22. The Hall–Kier alpha value is -1.02. The Bertz CT molecular complexity index is 556. The molecule has 3 heterocycles. The minimum atomic E-state index is 0. The summed E-state index contributed by atoms with van der Waals surface area (Å²) in [6, 6.07) is 2.07. The van der Waals surface area contributed by atoms with Gasteiger partial charge in [-0.3, -0.25) is 4.40 Å². The van der Waals surface area contributed by atoms with Crippen molar-refractivity contribution in [1.82, 2.24) is 19.3 Å². The van der Waals surface area contributed by atoms with Gasteiger partial charge in [-0.1, -0.05) is 11.8 Å². The van der Waals surface area contributed by atoms with Gasteiger partial charge in [0.15, 0.2) is 5.16 Å². The number of fused-ring (bicyclic) bond motifs is 1. The molecule has 6 nitrogen and oxygen atoms in total. The van der Waals surface area contributed by atoms with Crippen molar-refractivity contribution in [2.45, 2.75) is 5.16 Å². The molecule has 0 bridgehead atoms. The normalized spacial score (nSPS) is 15.8. The number of likely N-dealkylation sites (N-methyl/N-ethyl adjacent to an activating group) is 1. The molecule has 0 aromatic carbocycles. The SMILES string of the molecule is CSc1nc(N2CCN(C)CC2)cc2nccn12.Cl.O. The summed E-state index contributed by atoms with van der Waals surface area (Å²) in [6.07, 6.45) is 5.84. The predicted octanol–water partition coefficient (Wildman–Crippen LogP) is 0.800. The van der Waals surface area contributed by atoms with E-state index in [1.165, 1.54) is 0 Å². The molecule has 2 N–H and O–H groups in total. The number of hydrogen-bond acceptors (Lipinski definition) is 5. The van der Waals surface area contributed by atoms with Gasteiger partial charge in [0.1, 0.15) is 11.5 Å². The van der Waals surface area contributed by atoms with E-state index in [0.29, 0.717) is 0 Å². The second-order valence-corrected chi connectivity index (χ2v) is 5.32. The van der Waals surface area contributed by atoms with Crippen LogP contribution in [-0.2, 0) is 0 Å². The Morgan fingerprint density at radius 3 is 2.55 bits per heavy atom. The third-order valence-electron chi connectivity index (χ3n) is 3.35. The van der Waals surface area contributed by atoms with E-state index in [1.807, 2.05) is 16.8 Å². The molecule has 1 saturated heterocycles. The smallest absolute Gasteiger partial charge is 0.175 e. The Kier molecular flexibility index (Phi) is 6.07. The van der Waals surface area contributed by atoms with Crippen LogP contribution in [0, 0.1) is 0 Å². The summed E-state index contributed by atoms with van der Waals surface area (Å²) in [5.74, 6) is 1.05. The van der Waals surface area contributed by atoms with Crippen LogP contribution in [0.5, 0.6) is 0 Å². The van der Waals surface area contributed by atoms with Gasteiger partial charge < -0.3 is 15.3 Å². The van der Waals surface area contributed by atoms with Crippen LogP contribution in [0.4, 0.5) is 5.82 Å². The molecule has 3 rings (SSSR count). The van der Waals surface area contributed by atoms with E-state index >= 15 is 0 Å². The Morgan fingerprint density at radius 1 is 1.20 bits per heavy atom.